The first-order valence-corrected chi connectivity index (χ1v) is 8.22. The van der Waals surface area contributed by atoms with Gasteiger partial charge in [-0.1, -0.05) is 6.07 Å². The van der Waals surface area contributed by atoms with E-state index in [1.54, 1.807) is 18.2 Å². The van der Waals surface area contributed by atoms with Gasteiger partial charge in [-0.2, -0.15) is 0 Å². The zero-order valence-corrected chi connectivity index (χ0v) is 14.8. The molecule has 27 heavy (non-hydrogen) atoms. The Morgan fingerprint density at radius 3 is 2.41 bits per heavy atom. The summed E-state index contributed by atoms with van der Waals surface area (Å²) >= 11 is 0. The molecule has 8 heteroatoms. The normalized spacial score (nSPS) is 16.4. The lowest BCUT2D eigenvalue weighted by molar-refractivity contribution is -0.117. The number of benzene rings is 2. The molecule has 2 aromatic carbocycles. The van der Waals surface area contributed by atoms with Crippen LogP contribution in [-0.4, -0.2) is 38.6 Å². The third-order valence-corrected chi connectivity index (χ3v) is 4.33. The zero-order chi connectivity index (χ0) is 19.6. The van der Waals surface area contributed by atoms with Crippen molar-refractivity contribution in [2.24, 2.45) is 0 Å². The maximum atomic E-state index is 13.7. The third kappa shape index (κ3) is 3.69. The van der Waals surface area contributed by atoms with Gasteiger partial charge in [0.05, 0.1) is 20.3 Å². The first kappa shape index (κ1) is 18.6. The number of amides is 2. The number of anilines is 1. The van der Waals surface area contributed by atoms with E-state index in [1.807, 2.05) is 0 Å². The van der Waals surface area contributed by atoms with Crippen molar-refractivity contribution < 1.29 is 27.8 Å². The van der Waals surface area contributed by atoms with Crippen LogP contribution in [0.4, 0.5) is 14.5 Å². The van der Waals surface area contributed by atoms with Crippen LogP contribution in [0, 0.1) is 11.6 Å². The fourth-order valence-electron chi connectivity index (χ4n) is 3.02. The molecule has 0 radical (unpaired) electrons. The molecule has 0 aliphatic carbocycles. The van der Waals surface area contributed by atoms with Crippen molar-refractivity contribution in [1.29, 1.82) is 0 Å². The fraction of sp³-hybridized carbons (Fsp3) is 0.263. The summed E-state index contributed by atoms with van der Waals surface area (Å²) in [5.74, 6) is -2.03. The van der Waals surface area contributed by atoms with Gasteiger partial charge < -0.3 is 19.7 Å². The van der Waals surface area contributed by atoms with Gasteiger partial charge in [-0.05, 0) is 24.3 Å². The summed E-state index contributed by atoms with van der Waals surface area (Å²) in [6.45, 7) is 0.177. The maximum absolute atomic E-state index is 13.7. The Bertz CT molecular complexity index is 868. The second-order valence-electron chi connectivity index (χ2n) is 6.01. The van der Waals surface area contributed by atoms with Gasteiger partial charge in [-0.25, -0.2) is 8.78 Å². The van der Waals surface area contributed by atoms with Gasteiger partial charge in [0.15, 0.2) is 11.5 Å². The molecule has 0 saturated carbocycles. The molecule has 0 aromatic heterocycles. The Morgan fingerprint density at radius 1 is 1.11 bits per heavy atom. The molecule has 1 atom stereocenters. The molecule has 1 fully saturated rings. The Balaban J connectivity index is 1.75. The third-order valence-electron chi connectivity index (χ3n) is 4.33. The number of hydrogen-bond donors (Lipinski definition) is 1. The highest BCUT2D eigenvalue weighted by Gasteiger charge is 2.33. The molecule has 2 aromatic rings. The monoisotopic (exact) mass is 376 g/mol. The standard InChI is InChI=1S/C19H18F2N2O4/c1-26-15-7-6-12(9-16(15)27-2)23-10-11(8-17(23)24)22-19(25)18-13(20)4-3-5-14(18)21/h3-7,9,11H,8,10H2,1-2H3,(H,22,25)/t11-/m0/s1. The lowest BCUT2D eigenvalue weighted by Gasteiger charge is -2.19. The topological polar surface area (TPSA) is 67.9 Å². The van der Waals surface area contributed by atoms with Crippen molar-refractivity contribution in [3.8, 4) is 11.5 Å². The minimum Gasteiger partial charge on any atom is -0.493 e. The molecule has 0 unspecified atom stereocenters. The summed E-state index contributed by atoms with van der Waals surface area (Å²) in [4.78, 5) is 26.0. The number of methoxy groups -OCH3 is 2. The number of carbonyl (C=O) groups excluding carboxylic acids is 2. The van der Waals surface area contributed by atoms with E-state index in [2.05, 4.69) is 5.32 Å². The molecule has 2 amide bonds. The van der Waals surface area contributed by atoms with Crippen LogP contribution in [0.25, 0.3) is 0 Å². The molecule has 3 rings (SSSR count). The fourth-order valence-corrected chi connectivity index (χ4v) is 3.02. The van der Waals surface area contributed by atoms with E-state index >= 15 is 0 Å². The van der Waals surface area contributed by atoms with Gasteiger partial charge in [0.2, 0.25) is 5.91 Å². The predicted octanol–water partition coefficient (Wildman–Crippen LogP) is 2.52. The molecule has 1 heterocycles. The summed E-state index contributed by atoms with van der Waals surface area (Å²) in [5, 5.41) is 2.52. The second-order valence-corrected chi connectivity index (χ2v) is 6.01. The van der Waals surface area contributed by atoms with Crippen molar-refractivity contribution in [1.82, 2.24) is 5.32 Å². The molecule has 1 aliphatic heterocycles. The van der Waals surface area contributed by atoms with E-state index in [0.717, 1.165) is 12.1 Å². The van der Waals surface area contributed by atoms with Crippen LogP contribution in [0.2, 0.25) is 0 Å². The molecule has 142 valence electrons. The van der Waals surface area contributed by atoms with E-state index < -0.39 is 29.1 Å². The van der Waals surface area contributed by atoms with Crippen LogP contribution in [0.3, 0.4) is 0 Å². The van der Waals surface area contributed by atoms with Crippen molar-refractivity contribution >= 4 is 17.5 Å². The highest BCUT2D eigenvalue weighted by molar-refractivity contribution is 5.99. The smallest absolute Gasteiger partial charge is 0.257 e. The van der Waals surface area contributed by atoms with Crippen LogP contribution in [0.15, 0.2) is 36.4 Å². The van der Waals surface area contributed by atoms with Crippen molar-refractivity contribution in [3.63, 3.8) is 0 Å². The Kier molecular flexibility index (Phi) is 5.25. The van der Waals surface area contributed by atoms with Gasteiger partial charge in [-0.15, -0.1) is 0 Å². The lowest BCUT2D eigenvalue weighted by atomic mass is 10.1. The van der Waals surface area contributed by atoms with Crippen molar-refractivity contribution in [3.05, 3.63) is 53.6 Å². The van der Waals surface area contributed by atoms with E-state index in [9.17, 15) is 18.4 Å². The second kappa shape index (κ2) is 7.61. The van der Waals surface area contributed by atoms with Crippen LogP contribution in [0.1, 0.15) is 16.8 Å². The van der Waals surface area contributed by atoms with Crippen molar-refractivity contribution in [2.45, 2.75) is 12.5 Å². The number of hydrogen-bond acceptors (Lipinski definition) is 4. The molecule has 1 N–H and O–H groups in total. The van der Waals surface area contributed by atoms with E-state index in [4.69, 9.17) is 9.47 Å². The van der Waals surface area contributed by atoms with Gasteiger partial charge in [-0.3, -0.25) is 9.59 Å². The molecule has 0 spiro atoms. The zero-order valence-electron chi connectivity index (χ0n) is 14.8. The molecule has 0 bridgehead atoms. The van der Waals surface area contributed by atoms with Gasteiger partial charge in [0.25, 0.3) is 5.91 Å². The quantitative estimate of drug-likeness (QED) is 0.871. The summed E-state index contributed by atoms with van der Waals surface area (Å²) < 4.78 is 37.9. The highest BCUT2D eigenvalue weighted by atomic mass is 19.1. The molecule has 1 saturated heterocycles. The SMILES string of the molecule is COc1ccc(N2C[C@@H](NC(=O)c3c(F)cccc3F)CC2=O)cc1OC. The van der Waals surface area contributed by atoms with Crippen LogP contribution in [0.5, 0.6) is 11.5 Å². The number of carbonyl (C=O) groups is 2. The number of rotatable bonds is 5. The van der Waals surface area contributed by atoms with Crippen LogP contribution >= 0.6 is 0 Å². The van der Waals surface area contributed by atoms with Crippen molar-refractivity contribution in [2.75, 3.05) is 25.7 Å². The predicted molar refractivity (Wildman–Crippen MR) is 94.1 cm³/mol. The Labute approximate surface area is 154 Å². The summed E-state index contributed by atoms with van der Waals surface area (Å²) in [6, 6.07) is 7.64. The Morgan fingerprint density at radius 2 is 1.78 bits per heavy atom. The molecular weight excluding hydrogens is 358 g/mol. The van der Waals surface area contributed by atoms with Gasteiger partial charge in [0, 0.05) is 24.7 Å². The van der Waals surface area contributed by atoms with E-state index in [1.165, 1.54) is 25.2 Å². The minimum atomic E-state index is -0.950. The number of nitrogens with zero attached hydrogens (tertiary/aromatic N) is 1. The summed E-state index contributed by atoms with van der Waals surface area (Å²) in [6.07, 6.45) is 0.0240. The summed E-state index contributed by atoms with van der Waals surface area (Å²) in [5.41, 5.74) is -0.0824. The minimum absolute atomic E-state index is 0.0240. The summed E-state index contributed by atoms with van der Waals surface area (Å²) in [7, 11) is 2.99. The highest BCUT2D eigenvalue weighted by Crippen LogP contribution is 2.33. The van der Waals surface area contributed by atoms with E-state index in [-0.39, 0.29) is 18.9 Å². The first-order valence-electron chi connectivity index (χ1n) is 8.22. The molecular formula is C19H18F2N2O4. The average molecular weight is 376 g/mol. The Hall–Kier alpha value is -3.16. The maximum Gasteiger partial charge on any atom is 0.257 e. The van der Waals surface area contributed by atoms with Crippen LogP contribution < -0.4 is 19.7 Å². The average Bonchev–Trinajstić information content (AvgIpc) is 3.01. The molecule has 6 nitrogen and oxygen atoms in total. The number of halogens is 2. The largest absolute Gasteiger partial charge is 0.493 e. The first-order chi connectivity index (χ1) is 12.9. The number of ether oxygens (including phenoxy) is 2. The van der Waals surface area contributed by atoms with E-state index in [0.29, 0.717) is 17.2 Å². The number of nitrogens with one attached hydrogen (secondary N) is 1. The van der Waals surface area contributed by atoms with Gasteiger partial charge in [0.1, 0.15) is 17.2 Å². The lowest BCUT2D eigenvalue weighted by Crippen LogP contribution is -2.38. The van der Waals surface area contributed by atoms with Gasteiger partial charge >= 0.3 is 0 Å². The molecule has 1 aliphatic rings. The van der Waals surface area contributed by atoms with Crippen LogP contribution in [-0.2, 0) is 4.79 Å².